The van der Waals surface area contributed by atoms with Crippen LogP contribution in [0.1, 0.15) is 37.9 Å². The van der Waals surface area contributed by atoms with Crippen molar-refractivity contribution in [3.8, 4) is 0 Å². The molecule has 0 spiro atoms. The van der Waals surface area contributed by atoms with Crippen molar-refractivity contribution in [3.05, 3.63) is 18.2 Å². The number of hydrogen-bond acceptors (Lipinski definition) is 2. The summed E-state index contributed by atoms with van der Waals surface area (Å²) < 4.78 is 2.14. The molecule has 3 nitrogen and oxygen atoms in total. The molecular weight excluding hydrogens is 186 g/mol. The van der Waals surface area contributed by atoms with Crippen molar-refractivity contribution in [2.45, 2.75) is 32.1 Å². The molecule has 1 aliphatic carbocycles. The third kappa shape index (κ3) is 2.07. The van der Waals surface area contributed by atoms with E-state index in [-0.39, 0.29) is 0 Å². The van der Waals surface area contributed by atoms with Gasteiger partial charge in [0.15, 0.2) is 0 Å². The topological polar surface area (TPSA) is 43.8 Å². The first-order chi connectivity index (χ1) is 7.22. The Bertz CT molecular complexity index is 318. The number of aromatic nitrogens is 2. The van der Waals surface area contributed by atoms with E-state index < -0.39 is 0 Å². The van der Waals surface area contributed by atoms with Gasteiger partial charge in [0.25, 0.3) is 0 Å². The van der Waals surface area contributed by atoms with E-state index in [1.807, 2.05) is 12.4 Å². The van der Waals surface area contributed by atoms with E-state index in [2.05, 4.69) is 23.5 Å². The van der Waals surface area contributed by atoms with E-state index in [1.165, 1.54) is 25.1 Å². The number of rotatable bonds is 2. The van der Waals surface area contributed by atoms with Gasteiger partial charge in [0, 0.05) is 25.4 Å². The maximum absolute atomic E-state index is 5.86. The molecule has 3 atom stereocenters. The molecule has 1 aromatic rings. The second kappa shape index (κ2) is 4.35. The average Bonchev–Trinajstić information content (AvgIpc) is 2.64. The Morgan fingerprint density at radius 2 is 2.33 bits per heavy atom. The molecule has 3 unspecified atom stereocenters. The Labute approximate surface area is 91.7 Å². The van der Waals surface area contributed by atoms with Crippen LogP contribution in [0.3, 0.4) is 0 Å². The highest BCUT2D eigenvalue weighted by Crippen LogP contribution is 2.38. The monoisotopic (exact) mass is 207 g/mol. The maximum atomic E-state index is 5.86. The van der Waals surface area contributed by atoms with Crippen LogP contribution < -0.4 is 5.73 Å². The van der Waals surface area contributed by atoms with Gasteiger partial charge in [-0.1, -0.05) is 13.3 Å². The molecule has 0 saturated heterocycles. The lowest BCUT2D eigenvalue weighted by molar-refractivity contribution is 0.243. The lowest BCUT2D eigenvalue weighted by Gasteiger charge is -2.33. The molecule has 2 rings (SSSR count). The van der Waals surface area contributed by atoms with Crippen LogP contribution in [-0.2, 0) is 7.05 Å². The first-order valence-corrected chi connectivity index (χ1v) is 5.89. The van der Waals surface area contributed by atoms with Crippen LogP contribution in [0.25, 0.3) is 0 Å². The maximum Gasteiger partial charge on any atom is 0.111 e. The summed E-state index contributed by atoms with van der Waals surface area (Å²) in [7, 11) is 2.08. The highest BCUT2D eigenvalue weighted by Gasteiger charge is 2.31. The Hall–Kier alpha value is -0.830. The van der Waals surface area contributed by atoms with Crippen LogP contribution in [0, 0.1) is 11.8 Å². The summed E-state index contributed by atoms with van der Waals surface area (Å²) >= 11 is 0. The quantitative estimate of drug-likeness (QED) is 0.805. The molecule has 1 saturated carbocycles. The molecule has 0 amide bonds. The van der Waals surface area contributed by atoms with E-state index in [0.717, 1.165) is 12.5 Å². The summed E-state index contributed by atoms with van der Waals surface area (Å²) in [5.41, 5.74) is 5.86. The van der Waals surface area contributed by atoms with Crippen LogP contribution in [0.4, 0.5) is 0 Å². The zero-order valence-electron chi connectivity index (χ0n) is 9.69. The van der Waals surface area contributed by atoms with Crippen molar-refractivity contribution in [2.75, 3.05) is 6.54 Å². The van der Waals surface area contributed by atoms with Gasteiger partial charge >= 0.3 is 0 Å². The number of aryl methyl sites for hydroxylation is 1. The lowest BCUT2D eigenvalue weighted by atomic mass is 9.74. The van der Waals surface area contributed by atoms with E-state index in [1.54, 1.807) is 0 Å². The minimum absolute atomic E-state index is 0.568. The third-order valence-corrected chi connectivity index (χ3v) is 3.75. The van der Waals surface area contributed by atoms with E-state index in [4.69, 9.17) is 5.73 Å². The minimum atomic E-state index is 0.568. The van der Waals surface area contributed by atoms with Crippen molar-refractivity contribution in [1.82, 2.24) is 9.55 Å². The Kier molecular flexibility index (Phi) is 3.10. The van der Waals surface area contributed by atoms with Crippen molar-refractivity contribution >= 4 is 0 Å². The molecule has 1 aliphatic rings. The number of nitrogens with zero attached hydrogens (tertiary/aromatic N) is 2. The summed E-state index contributed by atoms with van der Waals surface area (Å²) in [5.74, 6) is 3.23. The first-order valence-electron chi connectivity index (χ1n) is 5.89. The molecule has 1 aromatic heterocycles. The molecule has 0 radical (unpaired) electrons. The van der Waals surface area contributed by atoms with Gasteiger partial charge in [-0.15, -0.1) is 0 Å². The number of hydrogen-bond donors (Lipinski definition) is 1. The molecule has 15 heavy (non-hydrogen) atoms. The Morgan fingerprint density at radius 1 is 1.53 bits per heavy atom. The second-order valence-corrected chi connectivity index (χ2v) is 4.92. The van der Waals surface area contributed by atoms with Gasteiger partial charge < -0.3 is 10.3 Å². The number of nitrogens with two attached hydrogens (primary N) is 1. The van der Waals surface area contributed by atoms with Crippen LogP contribution in [0.15, 0.2) is 12.4 Å². The molecular formula is C12H21N3. The van der Waals surface area contributed by atoms with Crippen molar-refractivity contribution in [2.24, 2.45) is 24.6 Å². The summed E-state index contributed by atoms with van der Waals surface area (Å²) in [5, 5.41) is 0. The van der Waals surface area contributed by atoms with E-state index in [0.29, 0.717) is 11.8 Å². The summed E-state index contributed by atoms with van der Waals surface area (Å²) in [6, 6.07) is 0. The highest BCUT2D eigenvalue weighted by molar-refractivity contribution is 5.04. The van der Waals surface area contributed by atoms with Gasteiger partial charge in [-0.2, -0.15) is 0 Å². The second-order valence-electron chi connectivity index (χ2n) is 4.92. The van der Waals surface area contributed by atoms with E-state index in [9.17, 15) is 0 Å². The molecule has 0 aromatic carbocycles. The van der Waals surface area contributed by atoms with Gasteiger partial charge in [0.1, 0.15) is 5.82 Å². The van der Waals surface area contributed by atoms with Crippen molar-refractivity contribution in [1.29, 1.82) is 0 Å². The predicted molar refractivity (Wildman–Crippen MR) is 61.5 cm³/mol. The molecule has 1 heterocycles. The molecule has 0 aliphatic heterocycles. The lowest BCUT2D eigenvalue weighted by Crippen LogP contribution is -2.29. The zero-order valence-corrected chi connectivity index (χ0v) is 9.69. The summed E-state index contributed by atoms with van der Waals surface area (Å²) in [6.07, 6.45) is 7.75. The fourth-order valence-corrected chi connectivity index (χ4v) is 2.78. The van der Waals surface area contributed by atoms with Gasteiger partial charge in [-0.05, 0) is 31.2 Å². The normalized spacial score (nSPS) is 31.8. The van der Waals surface area contributed by atoms with Gasteiger partial charge in [-0.25, -0.2) is 4.98 Å². The highest BCUT2D eigenvalue weighted by atomic mass is 15.0. The molecule has 3 heteroatoms. The fraction of sp³-hybridized carbons (Fsp3) is 0.750. The SMILES string of the molecule is CC1CCC(CN)C(c2nccn2C)C1. The number of imidazole rings is 1. The van der Waals surface area contributed by atoms with Crippen LogP contribution in [0.2, 0.25) is 0 Å². The Morgan fingerprint density at radius 3 is 2.93 bits per heavy atom. The standard InChI is InChI=1S/C12H21N3/c1-9-3-4-10(8-13)11(7-9)12-14-5-6-15(12)2/h5-6,9-11H,3-4,7-8,13H2,1-2H3. The summed E-state index contributed by atoms with van der Waals surface area (Å²) in [4.78, 5) is 4.48. The first kappa shape index (κ1) is 10.7. The zero-order chi connectivity index (χ0) is 10.8. The van der Waals surface area contributed by atoms with Crippen LogP contribution >= 0.6 is 0 Å². The van der Waals surface area contributed by atoms with Crippen molar-refractivity contribution < 1.29 is 0 Å². The van der Waals surface area contributed by atoms with Gasteiger partial charge in [-0.3, -0.25) is 0 Å². The predicted octanol–water partition coefficient (Wildman–Crippen LogP) is 1.90. The van der Waals surface area contributed by atoms with Crippen LogP contribution in [-0.4, -0.2) is 16.1 Å². The minimum Gasteiger partial charge on any atom is -0.338 e. The molecule has 2 N–H and O–H groups in total. The van der Waals surface area contributed by atoms with Gasteiger partial charge in [0.2, 0.25) is 0 Å². The smallest absolute Gasteiger partial charge is 0.111 e. The largest absolute Gasteiger partial charge is 0.338 e. The third-order valence-electron chi connectivity index (χ3n) is 3.75. The average molecular weight is 207 g/mol. The molecule has 84 valence electrons. The molecule has 1 fully saturated rings. The van der Waals surface area contributed by atoms with Gasteiger partial charge in [0.05, 0.1) is 0 Å². The van der Waals surface area contributed by atoms with Crippen LogP contribution in [0.5, 0.6) is 0 Å². The molecule has 0 bridgehead atoms. The van der Waals surface area contributed by atoms with Crippen molar-refractivity contribution in [3.63, 3.8) is 0 Å². The summed E-state index contributed by atoms with van der Waals surface area (Å²) in [6.45, 7) is 3.13. The Balaban J connectivity index is 2.20. The van der Waals surface area contributed by atoms with E-state index >= 15 is 0 Å². The fourth-order valence-electron chi connectivity index (χ4n) is 2.78.